The molecule has 18 heavy (non-hydrogen) atoms. The number of benzene rings is 1. The van der Waals surface area contributed by atoms with Crippen LogP contribution in [0.25, 0.3) is 0 Å². The van der Waals surface area contributed by atoms with E-state index in [2.05, 4.69) is 0 Å². The molecule has 5 heteroatoms. The highest BCUT2D eigenvalue weighted by atomic mass is 16.5. The lowest BCUT2D eigenvalue weighted by molar-refractivity contribution is 0.0525. The summed E-state index contributed by atoms with van der Waals surface area (Å²) in [5, 5.41) is 18.2. The molecule has 5 nitrogen and oxygen atoms in total. The molecule has 0 amide bonds. The highest BCUT2D eigenvalue weighted by molar-refractivity contribution is 5.97. The highest BCUT2D eigenvalue weighted by Gasteiger charge is 2.19. The molecule has 0 atom stereocenters. The Labute approximate surface area is 105 Å². The maximum absolute atomic E-state index is 11.8. The summed E-state index contributed by atoms with van der Waals surface area (Å²) in [6.45, 7) is 3.34. The monoisotopic (exact) mass is 252 g/mol. The predicted molar refractivity (Wildman–Crippen MR) is 64.7 cm³/mol. The molecule has 98 valence electrons. The van der Waals surface area contributed by atoms with Gasteiger partial charge in [-0.2, -0.15) is 0 Å². The molecule has 2 N–H and O–H groups in total. The van der Waals surface area contributed by atoms with Crippen molar-refractivity contribution >= 4 is 11.9 Å². The first kappa shape index (κ1) is 14.2. The van der Waals surface area contributed by atoms with Crippen LogP contribution >= 0.6 is 0 Å². The molecule has 0 saturated carbocycles. The lowest BCUT2D eigenvalue weighted by Gasteiger charge is -2.12. The van der Waals surface area contributed by atoms with Crippen LogP contribution in [0.3, 0.4) is 0 Å². The van der Waals surface area contributed by atoms with Gasteiger partial charge in [0.15, 0.2) is 0 Å². The van der Waals surface area contributed by atoms with E-state index in [1.807, 2.05) is 0 Å². The number of carboxylic acid groups (broad SMARTS) is 1. The quantitative estimate of drug-likeness (QED) is 0.778. The van der Waals surface area contributed by atoms with E-state index in [0.717, 1.165) is 0 Å². The van der Waals surface area contributed by atoms with Crippen molar-refractivity contribution in [3.8, 4) is 0 Å². The second-order valence-electron chi connectivity index (χ2n) is 3.71. The van der Waals surface area contributed by atoms with Crippen molar-refractivity contribution in [1.82, 2.24) is 0 Å². The number of aliphatic hydroxyl groups is 1. The minimum Gasteiger partial charge on any atom is -0.478 e. The largest absolute Gasteiger partial charge is 0.478 e. The summed E-state index contributed by atoms with van der Waals surface area (Å²) < 4.78 is 4.89. The maximum atomic E-state index is 11.8. The Hall–Kier alpha value is -1.88. The number of ether oxygens (including phenoxy) is 1. The summed E-state index contributed by atoms with van der Waals surface area (Å²) in [7, 11) is 0. The Morgan fingerprint density at radius 2 is 1.83 bits per heavy atom. The second-order valence-corrected chi connectivity index (χ2v) is 3.71. The first-order valence-electron chi connectivity index (χ1n) is 5.72. The molecule has 0 unspecified atom stereocenters. The molecule has 0 aromatic heterocycles. The van der Waals surface area contributed by atoms with Gasteiger partial charge in [0.1, 0.15) is 0 Å². The number of carboxylic acids is 1. The molecular weight excluding hydrogens is 236 g/mol. The smallest absolute Gasteiger partial charge is 0.338 e. The SMILES string of the molecule is CCOC(=O)c1cc(CO)cc(C(=O)O)c1CC. The molecule has 0 spiro atoms. The molecular formula is C13H16O5. The van der Waals surface area contributed by atoms with Gasteiger partial charge in [0.2, 0.25) is 0 Å². The first-order valence-corrected chi connectivity index (χ1v) is 5.72. The number of hydrogen-bond acceptors (Lipinski definition) is 4. The zero-order chi connectivity index (χ0) is 13.7. The normalized spacial score (nSPS) is 10.2. The molecule has 0 saturated heterocycles. The van der Waals surface area contributed by atoms with Crippen LogP contribution in [0.4, 0.5) is 0 Å². The van der Waals surface area contributed by atoms with Crippen molar-refractivity contribution in [3.05, 3.63) is 34.4 Å². The summed E-state index contributed by atoms with van der Waals surface area (Å²) in [5.41, 5.74) is 1.06. The lowest BCUT2D eigenvalue weighted by atomic mass is 9.96. The molecule has 0 fully saturated rings. The number of carbonyl (C=O) groups is 2. The van der Waals surface area contributed by atoms with Crippen LogP contribution < -0.4 is 0 Å². The number of rotatable bonds is 5. The van der Waals surface area contributed by atoms with Gasteiger partial charge >= 0.3 is 11.9 Å². The Kier molecular flexibility index (Phi) is 4.85. The van der Waals surface area contributed by atoms with Crippen LogP contribution in [0.5, 0.6) is 0 Å². The number of aliphatic hydroxyl groups excluding tert-OH is 1. The van der Waals surface area contributed by atoms with Gasteiger partial charge in [-0.3, -0.25) is 0 Å². The number of esters is 1. The van der Waals surface area contributed by atoms with Crippen molar-refractivity contribution in [3.63, 3.8) is 0 Å². The molecule has 0 aliphatic rings. The fourth-order valence-electron chi connectivity index (χ4n) is 1.79. The van der Waals surface area contributed by atoms with Gasteiger partial charge in [0.25, 0.3) is 0 Å². The van der Waals surface area contributed by atoms with E-state index in [1.54, 1.807) is 13.8 Å². The molecule has 0 aliphatic heterocycles. The van der Waals surface area contributed by atoms with E-state index in [9.17, 15) is 9.59 Å². The summed E-state index contributed by atoms with van der Waals surface area (Å²) in [6.07, 6.45) is 0.404. The van der Waals surface area contributed by atoms with Gasteiger partial charge in [-0.1, -0.05) is 6.92 Å². The summed E-state index contributed by atoms with van der Waals surface area (Å²) in [4.78, 5) is 22.9. The number of hydrogen-bond donors (Lipinski definition) is 2. The zero-order valence-corrected chi connectivity index (χ0v) is 10.4. The second kappa shape index (κ2) is 6.16. The van der Waals surface area contributed by atoms with Crippen LogP contribution in [0, 0.1) is 0 Å². The van der Waals surface area contributed by atoms with E-state index in [1.165, 1.54) is 12.1 Å². The van der Waals surface area contributed by atoms with Crippen molar-refractivity contribution in [2.75, 3.05) is 6.61 Å². The number of carbonyl (C=O) groups excluding carboxylic acids is 1. The van der Waals surface area contributed by atoms with Crippen molar-refractivity contribution in [2.24, 2.45) is 0 Å². The summed E-state index contributed by atoms with van der Waals surface area (Å²) >= 11 is 0. The highest BCUT2D eigenvalue weighted by Crippen LogP contribution is 2.20. The van der Waals surface area contributed by atoms with Gasteiger partial charge in [-0.25, -0.2) is 9.59 Å². The zero-order valence-electron chi connectivity index (χ0n) is 10.4. The topological polar surface area (TPSA) is 83.8 Å². The Balaban J connectivity index is 3.42. The van der Waals surface area contributed by atoms with E-state index in [4.69, 9.17) is 14.9 Å². The minimum atomic E-state index is -1.12. The minimum absolute atomic E-state index is 0.0344. The van der Waals surface area contributed by atoms with Crippen molar-refractivity contribution < 1.29 is 24.5 Å². The molecule has 1 aromatic rings. The van der Waals surface area contributed by atoms with Gasteiger partial charge in [0.05, 0.1) is 24.3 Å². The Morgan fingerprint density at radius 1 is 1.22 bits per heavy atom. The molecule has 1 rings (SSSR count). The third-order valence-electron chi connectivity index (χ3n) is 2.57. The van der Waals surface area contributed by atoms with Crippen LogP contribution in [0.1, 0.15) is 45.7 Å². The van der Waals surface area contributed by atoms with Gasteiger partial charge in [-0.15, -0.1) is 0 Å². The van der Waals surface area contributed by atoms with Crippen LogP contribution in [-0.2, 0) is 17.8 Å². The third kappa shape index (κ3) is 2.87. The summed E-state index contributed by atoms with van der Waals surface area (Å²) in [5.74, 6) is -1.68. The predicted octanol–water partition coefficient (Wildman–Crippen LogP) is 1.62. The summed E-state index contributed by atoms with van der Waals surface area (Å²) in [6, 6.07) is 2.85. The van der Waals surface area contributed by atoms with Crippen molar-refractivity contribution in [2.45, 2.75) is 26.9 Å². The van der Waals surface area contributed by atoms with E-state index < -0.39 is 11.9 Å². The number of aromatic carboxylic acids is 1. The fourth-order valence-corrected chi connectivity index (χ4v) is 1.79. The van der Waals surface area contributed by atoms with E-state index in [-0.39, 0.29) is 24.3 Å². The van der Waals surface area contributed by atoms with E-state index >= 15 is 0 Å². The average molecular weight is 252 g/mol. The molecule has 0 radical (unpaired) electrons. The van der Waals surface area contributed by atoms with Gasteiger partial charge in [0, 0.05) is 0 Å². The van der Waals surface area contributed by atoms with Gasteiger partial charge < -0.3 is 14.9 Å². The first-order chi connectivity index (χ1) is 8.54. The van der Waals surface area contributed by atoms with Crippen LogP contribution in [-0.4, -0.2) is 28.8 Å². The van der Waals surface area contributed by atoms with Crippen molar-refractivity contribution in [1.29, 1.82) is 0 Å². The molecule has 0 heterocycles. The van der Waals surface area contributed by atoms with Crippen LogP contribution in [0.15, 0.2) is 12.1 Å². The average Bonchev–Trinajstić information content (AvgIpc) is 2.37. The maximum Gasteiger partial charge on any atom is 0.338 e. The standard InChI is InChI=1S/C13H16O5/c1-3-9-10(12(15)16)5-8(7-14)6-11(9)13(17)18-4-2/h5-6,14H,3-4,7H2,1-2H3,(H,15,16). The Bertz CT molecular complexity index is 465. The molecule has 0 aliphatic carbocycles. The molecule has 1 aromatic carbocycles. The van der Waals surface area contributed by atoms with E-state index in [0.29, 0.717) is 17.5 Å². The lowest BCUT2D eigenvalue weighted by Crippen LogP contribution is -2.13. The third-order valence-corrected chi connectivity index (χ3v) is 2.57. The van der Waals surface area contributed by atoms with Gasteiger partial charge in [-0.05, 0) is 36.6 Å². The van der Waals surface area contributed by atoms with Crippen LogP contribution in [0.2, 0.25) is 0 Å². The Morgan fingerprint density at radius 3 is 2.28 bits per heavy atom. The molecule has 0 bridgehead atoms. The fraction of sp³-hybridized carbons (Fsp3) is 0.385.